The molecule has 2 fully saturated rings. The van der Waals surface area contributed by atoms with E-state index in [0.717, 1.165) is 24.3 Å². The van der Waals surface area contributed by atoms with Crippen LogP contribution in [0.5, 0.6) is 0 Å². The number of nitrogens with one attached hydrogen (secondary N) is 1. The normalized spacial score (nSPS) is 19.2. The van der Waals surface area contributed by atoms with Crippen molar-refractivity contribution in [3.63, 3.8) is 0 Å². The van der Waals surface area contributed by atoms with Gasteiger partial charge in [0.25, 0.3) is 0 Å². The lowest BCUT2D eigenvalue weighted by molar-refractivity contribution is -0.128. The van der Waals surface area contributed by atoms with E-state index in [2.05, 4.69) is 5.32 Å². The first-order valence-electron chi connectivity index (χ1n) is 10.4. The first-order chi connectivity index (χ1) is 14.6. The van der Waals surface area contributed by atoms with Crippen molar-refractivity contribution >= 4 is 29.2 Å². The summed E-state index contributed by atoms with van der Waals surface area (Å²) >= 11 is 6.06. The third-order valence-corrected chi connectivity index (χ3v) is 5.96. The van der Waals surface area contributed by atoms with E-state index in [1.807, 2.05) is 57.2 Å². The van der Waals surface area contributed by atoms with Gasteiger partial charge in [-0.2, -0.15) is 0 Å². The maximum Gasteiger partial charge on any atom is 0.324 e. The molecular formula is C23H27ClN4O2. The molecule has 2 aromatic carbocycles. The predicted octanol–water partition coefficient (Wildman–Crippen LogP) is 3.22. The molecule has 2 aliphatic heterocycles. The largest absolute Gasteiger partial charge is 0.338 e. The SMILES string of the molecule is O=C1CC(CN(C(=O)N2CCNCC2)c2ccc(Cl)cc2)CN1Cc1ccccc1. The number of amides is 3. The number of carbonyl (C=O) groups is 2. The minimum atomic E-state index is -0.00668. The molecular weight excluding hydrogens is 400 g/mol. The third-order valence-electron chi connectivity index (χ3n) is 5.71. The van der Waals surface area contributed by atoms with Crippen LogP contribution in [0.25, 0.3) is 0 Å². The first-order valence-corrected chi connectivity index (χ1v) is 10.8. The van der Waals surface area contributed by atoms with Gasteiger partial charge in [-0.05, 0) is 29.8 Å². The zero-order valence-electron chi connectivity index (χ0n) is 17.0. The van der Waals surface area contributed by atoms with E-state index in [4.69, 9.17) is 11.6 Å². The van der Waals surface area contributed by atoms with Crippen molar-refractivity contribution in [3.05, 3.63) is 65.2 Å². The van der Waals surface area contributed by atoms with Gasteiger partial charge in [-0.3, -0.25) is 9.69 Å². The second-order valence-electron chi connectivity index (χ2n) is 7.94. The second kappa shape index (κ2) is 9.49. The molecule has 0 aliphatic carbocycles. The standard InChI is InChI=1S/C23H27ClN4O2/c24-20-6-8-21(9-7-20)28(23(30)26-12-10-25-11-13-26)17-19-14-22(29)27(16-19)15-18-4-2-1-3-5-18/h1-9,19,25H,10-17H2. The lowest BCUT2D eigenvalue weighted by Crippen LogP contribution is -2.52. The number of rotatable bonds is 5. The van der Waals surface area contributed by atoms with Gasteiger partial charge in [-0.15, -0.1) is 0 Å². The van der Waals surface area contributed by atoms with Gasteiger partial charge in [0.15, 0.2) is 0 Å². The molecule has 0 bridgehead atoms. The summed E-state index contributed by atoms with van der Waals surface area (Å²) in [6.45, 7) is 4.76. The summed E-state index contributed by atoms with van der Waals surface area (Å²) in [4.78, 5) is 31.5. The third kappa shape index (κ3) is 4.94. The number of carbonyl (C=O) groups excluding carboxylic acids is 2. The number of hydrogen-bond acceptors (Lipinski definition) is 3. The van der Waals surface area contributed by atoms with Gasteiger partial charge < -0.3 is 15.1 Å². The van der Waals surface area contributed by atoms with E-state index in [-0.39, 0.29) is 17.9 Å². The Labute approximate surface area is 182 Å². The Kier molecular flexibility index (Phi) is 6.55. The fourth-order valence-corrected chi connectivity index (χ4v) is 4.26. The maximum atomic E-state index is 13.3. The Hall–Kier alpha value is -2.57. The maximum absolute atomic E-state index is 13.3. The summed E-state index contributed by atoms with van der Waals surface area (Å²) in [6.07, 6.45) is 0.464. The molecule has 0 spiro atoms. The molecule has 2 saturated heterocycles. The summed E-state index contributed by atoms with van der Waals surface area (Å²) in [7, 11) is 0. The van der Waals surface area contributed by atoms with Crippen LogP contribution >= 0.6 is 11.6 Å². The van der Waals surface area contributed by atoms with Crippen molar-refractivity contribution in [2.45, 2.75) is 13.0 Å². The zero-order chi connectivity index (χ0) is 20.9. The fourth-order valence-electron chi connectivity index (χ4n) is 4.13. The molecule has 2 aromatic rings. The minimum Gasteiger partial charge on any atom is -0.338 e. The molecule has 0 aromatic heterocycles. The highest BCUT2D eigenvalue weighted by Gasteiger charge is 2.33. The van der Waals surface area contributed by atoms with Gasteiger partial charge in [0.05, 0.1) is 0 Å². The monoisotopic (exact) mass is 426 g/mol. The molecule has 1 N–H and O–H groups in total. The highest BCUT2D eigenvalue weighted by molar-refractivity contribution is 6.30. The fraction of sp³-hybridized carbons (Fsp3) is 0.391. The minimum absolute atomic E-state index is 0.00668. The van der Waals surface area contributed by atoms with Gasteiger partial charge in [0.1, 0.15) is 0 Å². The average Bonchev–Trinajstić information content (AvgIpc) is 3.12. The Balaban J connectivity index is 1.48. The van der Waals surface area contributed by atoms with Crippen LogP contribution in [0.4, 0.5) is 10.5 Å². The van der Waals surface area contributed by atoms with Crippen LogP contribution in [-0.2, 0) is 11.3 Å². The molecule has 0 radical (unpaired) electrons. The number of nitrogens with zero attached hydrogens (tertiary/aromatic N) is 3. The molecule has 6 nitrogen and oxygen atoms in total. The van der Waals surface area contributed by atoms with Crippen molar-refractivity contribution in [2.75, 3.05) is 44.2 Å². The lowest BCUT2D eigenvalue weighted by atomic mass is 10.1. The van der Waals surface area contributed by atoms with Crippen molar-refractivity contribution in [3.8, 4) is 0 Å². The summed E-state index contributed by atoms with van der Waals surface area (Å²) in [5, 5.41) is 3.92. The molecule has 1 unspecified atom stereocenters. The van der Waals surface area contributed by atoms with Gasteiger partial charge in [-0.25, -0.2) is 4.79 Å². The highest BCUT2D eigenvalue weighted by Crippen LogP contribution is 2.26. The van der Waals surface area contributed by atoms with E-state index in [1.165, 1.54) is 0 Å². The van der Waals surface area contributed by atoms with Gasteiger partial charge in [0, 0.05) is 68.9 Å². The Morgan fingerprint density at radius 3 is 2.47 bits per heavy atom. The van der Waals surface area contributed by atoms with Crippen LogP contribution in [0.2, 0.25) is 5.02 Å². The topological polar surface area (TPSA) is 55.9 Å². The van der Waals surface area contributed by atoms with Crippen LogP contribution in [0.15, 0.2) is 54.6 Å². The Morgan fingerprint density at radius 1 is 1.07 bits per heavy atom. The molecule has 2 aliphatic rings. The van der Waals surface area contributed by atoms with E-state index in [9.17, 15) is 9.59 Å². The van der Waals surface area contributed by atoms with Crippen LogP contribution in [0.1, 0.15) is 12.0 Å². The number of hydrogen-bond donors (Lipinski definition) is 1. The van der Waals surface area contributed by atoms with Crippen molar-refractivity contribution in [2.24, 2.45) is 5.92 Å². The molecule has 4 rings (SSSR count). The molecule has 7 heteroatoms. The van der Waals surface area contributed by atoms with E-state index < -0.39 is 0 Å². The van der Waals surface area contributed by atoms with E-state index in [0.29, 0.717) is 44.2 Å². The van der Waals surface area contributed by atoms with Crippen LogP contribution in [-0.4, -0.2) is 61.0 Å². The second-order valence-corrected chi connectivity index (χ2v) is 8.37. The number of urea groups is 1. The number of likely N-dealkylation sites (tertiary alicyclic amines) is 1. The van der Waals surface area contributed by atoms with E-state index in [1.54, 1.807) is 12.1 Å². The van der Waals surface area contributed by atoms with Gasteiger partial charge in [0.2, 0.25) is 5.91 Å². The summed E-state index contributed by atoms with van der Waals surface area (Å²) in [6, 6.07) is 17.4. The van der Waals surface area contributed by atoms with Crippen molar-refractivity contribution in [1.82, 2.24) is 15.1 Å². The number of benzene rings is 2. The summed E-state index contributed by atoms with van der Waals surface area (Å²) in [5.74, 6) is 0.248. The van der Waals surface area contributed by atoms with Gasteiger partial charge in [-0.1, -0.05) is 41.9 Å². The predicted molar refractivity (Wildman–Crippen MR) is 119 cm³/mol. The summed E-state index contributed by atoms with van der Waals surface area (Å²) in [5.41, 5.74) is 1.94. The average molecular weight is 427 g/mol. The van der Waals surface area contributed by atoms with Gasteiger partial charge >= 0.3 is 6.03 Å². The highest BCUT2D eigenvalue weighted by atomic mass is 35.5. The van der Waals surface area contributed by atoms with Crippen molar-refractivity contribution < 1.29 is 9.59 Å². The quantitative estimate of drug-likeness (QED) is 0.798. The molecule has 0 saturated carbocycles. The lowest BCUT2D eigenvalue weighted by Gasteiger charge is -2.34. The molecule has 2 heterocycles. The molecule has 1 atom stereocenters. The number of anilines is 1. The molecule has 3 amide bonds. The van der Waals surface area contributed by atoms with Crippen LogP contribution in [0, 0.1) is 5.92 Å². The zero-order valence-corrected chi connectivity index (χ0v) is 17.7. The van der Waals surface area contributed by atoms with E-state index >= 15 is 0 Å². The molecule has 158 valence electrons. The first kappa shape index (κ1) is 20.7. The molecule has 30 heavy (non-hydrogen) atoms. The Morgan fingerprint density at radius 2 is 1.77 bits per heavy atom. The number of halogens is 1. The number of piperazine rings is 1. The smallest absolute Gasteiger partial charge is 0.324 e. The van der Waals surface area contributed by atoms with Crippen LogP contribution in [0.3, 0.4) is 0 Å². The summed E-state index contributed by atoms with van der Waals surface area (Å²) < 4.78 is 0. The van der Waals surface area contributed by atoms with Crippen molar-refractivity contribution in [1.29, 1.82) is 0 Å². The van der Waals surface area contributed by atoms with Crippen LogP contribution < -0.4 is 10.2 Å². The Bertz CT molecular complexity index is 869.